The molecular formula is C33H42F3N5O9S. The Morgan fingerprint density at radius 2 is 1.69 bits per heavy atom. The van der Waals surface area contributed by atoms with E-state index >= 15 is 0 Å². The first-order valence-corrected chi connectivity index (χ1v) is 18.8. The maximum absolute atomic E-state index is 14.4. The van der Waals surface area contributed by atoms with Gasteiger partial charge in [0.15, 0.2) is 0 Å². The molecule has 0 bridgehead atoms. The van der Waals surface area contributed by atoms with E-state index < -0.39 is 99.4 Å². The molecule has 6 rings (SSSR count). The van der Waals surface area contributed by atoms with Crippen LogP contribution in [0.4, 0.5) is 22.8 Å². The number of alkyl halides is 2. The number of carbonyl (C=O) groups is 5. The van der Waals surface area contributed by atoms with Crippen molar-refractivity contribution in [2.24, 2.45) is 11.8 Å². The maximum atomic E-state index is 14.4. The monoisotopic (exact) mass is 741 g/mol. The van der Waals surface area contributed by atoms with E-state index in [0.717, 1.165) is 17.7 Å². The number of likely N-dealkylation sites (tertiary alicyclic amines) is 1. The molecule has 3 aliphatic carbocycles. The van der Waals surface area contributed by atoms with E-state index in [4.69, 9.17) is 9.47 Å². The summed E-state index contributed by atoms with van der Waals surface area (Å²) < 4.78 is 80.3. The van der Waals surface area contributed by atoms with Crippen LogP contribution in [0.2, 0.25) is 0 Å². The van der Waals surface area contributed by atoms with Crippen LogP contribution in [0, 0.1) is 17.7 Å². The van der Waals surface area contributed by atoms with Crippen molar-refractivity contribution in [3.63, 3.8) is 0 Å². The Hall–Kier alpha value is -4.09. The second kappa shape index (κ2) is 14.1. The van der Waals surface area contributed by atoms with Crippen LogP contribution in [0.25, 0.3) is 0 Å². The molecule has 1 saturated heterocycles. The molecular weight excluding hydrogens is 699 g/mol. The van der Waals surface area contributed by atoms with Gasteiger partial charge in [-0.1, -0.05) is 26.0 Å². The summed E-state index contributed by atoms with van der Waals surface area (Å²) in [6.07, 6.45) is -3.26. The van der Waals surface area contributed by atoms with Gasteiger partial charge in [-0.05, 0) is 62.5 Å². The molecule has 51 heavy (non-hydrogen) atoms. The number of rotatable bonds is 11. The van der Waals surface area contributed by atoms with Gasteiger partial charge < -0.3 is 25.0 Å². The summed E-state index contributed by atoms with van der Waals surface area (Å²) in [5, 5.41) is 4.05. The van der Waals surface area contributed by atoms with Crippen LogP contribution in [-0.4, -0.2) is 96.2 Å². The number of sulfonamides is 1. The number of hydrogen-bond donors (Lipinski definition) is 3. The molecule has 5 amide bonds. The van der Waals surface area contributed by atoms with E-state index in [9.17, 15) is 45.6 Å². The summed E-state index contributed by atoms with van der Waals surface area (Å²) in [5.74, 6) is -5.80. The van der Waals surface area contributed by atoms with Crippen molar-refractivity contribution in [2.75, 3.05) is 6.54 Å². The first-order chi connectivity index (χ1) is 24.1. The average molecular weight is 742 g/mol. The number of ether oxygens (including phenoxy) is 2. The fourth-order valence-electron chi connectivity index (χ4n) is 7.15. The average Bonchev–Trinajstić information content (AvgIpc) is 3.87. The van der Waals surface area contributed by atoms with Crippen LogP contribution in [0.5, 0.6) is 0 Å². The molecule has 0 aromatic heterocycles. The molecule has 5 aliphatic rings. The van der Waals surface area contributed by atoms with Gasteiger partial charge in [-0.25, -0.2) is 31.2 Å². The number of hydrogen-bond acceptors (Lipinski definition) is 9. The maximum Gasteiger partial charge on any atom is 0.410 e. The Balaban J connectivity index is 1.21. The Labute approximate surface area is 293 Å². The van der Waals surface area contributed by atoms with Crippen LogP contribution in [-0.2, 0) is 47.0 Å². The molecule has 0 radical (unpaired) electrons. The van der Waals surface area contributed by atoms with Crippen LogP contribution >= 0.6 is 0 Å². The van der Waals surface area contributed by atoms with Crippen molar-refractivity contribution in [1.82, 2.24) is 25.2 Å². The summed E-state index contributed by atoms with van der Waals surface area (Å²) in [4.78, 5) is 69.6. The molecule has 5 atom stereocenters. The number of nitrogens with zero attached hydrogens (tertiary/aromatic N) is 2. The Bertz CT molecular complexity index is 1690. The third kappa shape index (κ3) is 7.74. The Morgan fingerprint density at radius 1 is 0.980 bits per heavy atom. The summed E-state index contributed by atoms with van der Waals surface area (Å²) in [6.45, 7) is 2.96. The largest absolute Gasteiger partial charge is 0.446 e. The molecule has 14 nitrogen and oxygen atoms in total. The van der Waals surface area contributed by atoms with E-state index in [1.54, 1.807) is 19.9 Å². The minimum Gasteiger partial charge on any atom is -0.446 e. The minimum absolute atomic E-state index is 0.0596. The first kappa shape index (κ1) is 36.7. The van der Waals surface area contributed by atoms with E-state index in [1.807, 2.05) is 4.72 Å². The molecule has 0 spiro atoms. The highest BCUT2D eigenvalue weighted by Crippen LogP contribution is 2.48. The van der Waals surface area contributed by atoms with Gasteiger partial charge in [0.05, 0.1) is 24.3 Å². The van der Waals surface area contributed by atoms with Crippen LogP contribution in [0.3, 0.4) is 0 Å². The van der Waals surface area contributed by atoms with Crippen LogP contribution in [0.1, 0.15) is 76.3 Å². The van der Waals surface area contributed by atoms with Gasteiger partial charge >= 0.3 is 12.2 Å². The zero-order chi connectivity index (χ0) is 36.8. The second-order valence-electron chi connectivity index (χ2n) is 14.4. The van der Waals surface area contributed by atoms with Crippen molar-refractivity contribution in [3.05, 3.63) is 35.1 Å². The fourth-order valence-corrected chi connectivity index (χ4v) is 8.52. The van der Waals surface area contributed by atoms with Crippen molar-refractivity contribution >= 4 is 39.9 Å². The zero-order valence-corrected chi connectivity index (χ0v) is 29.1. The van der Waals surface area contributed by atoms with Crippen molar-refractivity contribution in [2.45, 2.75) is 120 Å². The highest BCUT2D eigenvalue weighted by Gasteiger charge is 2.66. The lowest BCUT2D eigenvalue weighted by Gasteiger charge is -2.31. The normalized spacial score (nSPS) is 26.5. The first-order valence-electron chi connectivity index (χ1n) is 17.2. The Kier molecular flexibility index (Phi) is 10.2. The van der Waals surface area contributed by atoms with Gasteiger partial charge in [0.1, 0.15) is 35.6 Å². The smallest absolute Gasteiger partial charge is 0.410 e. The number of benzene rings is 1. The molecule has 3 saturated carbocycles. The summed E-state index contributed by atoms with van der Waals surface area (Å²) in [6, 6.07) is 1.77. The standard InChI is InChI=1S/C33H42F3N5O9S/c1-17(2)26(37-31(45)49-19-7-3-4-8-19)29(43)41-15-20(50-32(46)40-14-18-6-5-9-24(34)22(18)16-40)12-25(41)28(42)38-33(13-23(33)27(35)36)30(44)39-51(47,48)21-10-11-21/h5-6,9,17,19-21,23,25-27H,3-4,7-8,10-16H2,1-2H3,(H,37,45)(H,38,42)(H,39,44)/t20-,23+,25?,26+,33+/m1/s1. The number of alkyl carbamates (subject to hydrolysis) is 1. The van der Waals surface area contributed by atoms with Gasteiger partial charge in [0, 0.05) is 18.5 Å². The zero-order valence-electron chi connectivity index (χ0n) is 28.2. The number of fused-ring (bicyclic) bond motifs is 1. The summed E-state index contributed by atoms with van der Waals surface area (Å²) in [5.41, 5.74) is -1.34. The van der Waals surface area contributed by atoms with Crippen LogP contribution in [0.15, 0.2) is 18.2 Å². The lowest BCUT2D eigenvalue weighted by molar-refractivity contribution is -0.142. The number of nitrogens with one attached hydrogen (secondary N) is 3. The molecule has 3 N–H and O–H groups in total. The van der Waals surface area contributed by atoms with Gasteiger partial charge in [0.25, 0.3) is 5.91 Å². The Morgan fingerprint density at radius 3 is 2.29 bits per heavy atom. The lowest BCUT2D eigenvalue weighted by Crippen LogP contribution is -2.59. The fraction of sp³-hybridized carbons (Fsp3) is 0.667. The quantitative estimate of drug-likeness (QED) is 0.308. The van der Waals surface area contributed by atoms with E-state index in [1.165, 1.54) is 17.0 Å². The summed E-state index contributed by atoms with van der Waals surface area (Å²) in [7, 11) is -4.15. The van der Waals surface area contributed by atoms with Gasteiger partial charge in [-0.3, -0.25) is 24.0 Å². The number of halogens is 3. The topological polar surface area (TPSA) is 181 Å². The third-order valence-electron chi connectivity index (χ3n) is 10.4. The molecule has 280 valence electrons. The highest BCUT2D eigenvalue weighted by atomic mass is 32.2. The van der Waals surface area contributed by atoms with Crippen molar-refractivity contribution in [1.29, 1.82) is 0 Å². The number of amides is 5. The highest BCUT2D eigenvalue weighted by molar-refractivity contribution is 7.91. The third-order valence-corrected chi connectivity index (χ3v) is 12.2. The molecule has 1 unspecified atom stereocenters. The molecule has 1 aromatic rings. The lowest BCUT2D eigenvalue weighted by atomic mass is 10.0. The van der Waals surface area contributed by atoms with Crippen LogP contribution < -0.4 is 15.4 Å². The summed E-state index contributed by atoms with van der Waals surface area (Å²) >= 11 is 0. The predicted molar refractivity (Wildman–Crippen MR) is 172 cm³/mol. The van der Waals surface area contributed by atoms with E-state index in [0.29, 0.717) is 36.8 Å². The van der Waals surface area contributed by atoms with Gasteiger partial charge in [-0.2, -0.15) is 0 Å². The molecule has 18 heteroatoms. The van der Waals surface area contributed by atoms with Gasteiger partial charge in [0.2, 0.25) is 28.3 Å². The molecule has 1 aromatic carbocycles. The second-order valence-corrected chi connectivity index (χ2v) is 16.4. The van der Waals surface area contributed by atoms with Crippen molar-refractivity contribution in [3.8, 4) is 0 Å². The predicted octanol–water partition coefficient (Wildman–Crippen LogP) is 2.69. The molecule has 4 fully saturated rings. The number of carbonyl (C=O) groups excluding carboxylic acids is 5. The van der Waals surface area contributed by atoms with Gasteiger partial charge in [-0.15, -0.1) is 0 Å². The minimum atomic E-state index is -4.15. The SMILES string of the molecule is CC(C)[C@H](NC(=O)OC1CCCC1)C(=O)N1C[C@H](OC(=O)N2Cc3cccc(F)c3C2)CC1C(=O)N[C@@]1(C(=O)NS(=O)(=O)C2CC2)C[C@H]1C(F)F. The molecule has 2 aliphatic heterocycles. The van der Waals surface area contributed by atoms with E-state index in [-0.39, 0.29) is 32.2 Å². The van der Waals surface area contributed by atoms with E-state index in [2.05, 4.69) is 10.6 Å². The van der Waals surface area contributed by atoms with Crippen molar-refractivity contribution < 1.29 is 55.0 Å². The molecule has 2 heterocycles.